The van der Waals surface area contributed by atoms with E-state index in [2.05, 4.69) is 30.3 Å². The number of carbonyl (C=O) groups is 1. The van der Waals surface area contributed by atoms with Gasteiger partial charge in [0.05, 0.1) is 25.2 Å². The highest BCUT2D eigenvalue weighted by atomic mass is 16.6. The molecule has 1 unspecified atom stereocenters. The molecule has 26 heavy (non-hydrogen) atoms. The molecule has 0 bridgehead atoms. The molecule has 5 nitrogen and oxygen atoms in total. The zero-order valence-corrected chi connectivity index (χ0v) is 14.4. The van der Waals surface area contributed by atoms with Gasteiger partial charge in [-0.25, -0.2) is 4.79 Å². The SMILES string of the molecule is N#CC1COCCN(C(=O)OCC2c3ccccc3-c3ccccc32)C1. The van der Waals surface area contributed by atoms with Crippen LogP contribution in [0.4, 0.5) is 4.79 Å². The molecule has 0 N–H and O–H groups in total. The maximum absolute atomic E-state index is 12.5. The van der Waals surface area contributed by atoms with E-state index in [0.29, 0.717) is 32.9 Å². The Labute approximate surface area is 152 Å². The predicted octanol–water partition coefficient (Wildman–Crippen LogP) is 3.41. The van der Waals surface area contributed by atoms with Crippen LogP contribution in [0, 0.1) is 17.2 Å². The highest BCUT2D eigenvalue weighted by molar-refractivity contribution is 5.79. The van der Waals surface area contributed by atoms with Crippen molar-refractivity contribution in [3.63, 3.8) is 0 Å². The number of hydrogen-bond donors (Lipinski definition) is 0. The summed E-state index contributed by atoms with van der Waals surface area (Å²) >= 11 is 0. The Bertz CT molecular complexity index is 813. The molecule has 1 heterocycles. The van der Waals surface area contributed by atoms with E-state index in [-0.39, 0.29) is 17.9 Å². The number of fused-ring (bicyclic) bond motifs is 3. The molecule has 2 aliphatic rings. The van der Waals surface area contributed by atoms with Gasteiger partial charge in [0.15, 0.2) is 0 Å². The molecule has 0 saturated carbocycles. The highest BCUT2D eigenvalue weighted by Gasteiger charge is 2.30. The van der Waals surface area contributed by atoms with Gasteiger partial charge in [-0.2, -0.15) is 5.26 Å². The van der Waals surface area contributed by atoms with E-state index in [9.17, 15) is 4.79 Å². The Morgan fingerprint density at radius 3 is 2.46 bits per heavy atom. The average Bonchev–Trinajstić information content (AvgIpc) is 2.83. The number of hydrogen-bond acceptors (Lipinski definition) is 4. The molecular formula is C21H20N2O3. The van der Waals surface area contributed by atoms with Gasteiger partial charge in [0.25, 0.3) is 0 Å². The lowest BCUT2D eigenvalue weighted by Gasteiger charge is -2.22. The van der Waals surface area contributed by atoms with Crippen LogP contribution < -0.4 is 0 Å². The Morgan fingerprint density at radius 1 is 1.15 bits per heavy atom. The fourth-order valence-corrected chi connectivity index (χ4v) is 3.74. The van der Waals surface area contributed by atoms with Gasteiger partial charge in [0.2, 0.25) is 0 Å². The quantitative estimate of drug-likeness (QED) is 0.834. The zero-order chi connectivity index (χ0) is 17.9. The predicted molar refractivity (Wildman–Crippen MR) is 96.6 cm³/mol. The molecule has 1 saturated heterocycles. The zero-order valence-electron chi connectivity index (χ0n) is 14.4. The molecule has 5 heteroatoms. The van der Waals surface area contributed by atoms with Crippen LogP contribution in [-0.4, -0.2) is 43.9 Å². The van der Waals surface area contributed by atoms with E-state index < -0.39 is 0 Å². The van der Waals surface area contributed by atoms with Gasteiger partial charge in [0.1, 0.15) is 6.61 Å². The Kier molecular flexibility index (Phi) is 4.59. The molecule has 0 aromatic heterocycles. The van der Waals surface area contributed by atoms with E-state index in [0.717, 1.165) is 0 Å². The van der Waals surface area contributed by atoms with E-state index in [1.54, 1.807) is 4.90 Å². The molecule has 1 aliphatic heterocycles. The molecule has 0 spiro atoms. The summed E-state index contributed by atoms with van der Waals surface area (Å²) in [5.74, 6) is -0.265. The molecular weight excluding hydrogens is 328 g/mol. The highest BCUT2D eigenvalue weighted by Crippen LogP contribution is 2.44. The fourth-order valence-electron chi connectivity index (χ4n) is 3.74. The average molecular weight is 348 g/mol. The molecule has 1 fully saturated rings. The van der Waals surface area contributed by atoms with Crippen molar-refractivity contribution in [1.29, 1.82) is 5.26 Å². The van der Waals surface area contributed by atoms with Crippen molar-refractivity contribution in [3.05, 3.63) is 59.7 Å². The number of carbonyl (C=O) groups excluding carboxylic acids is 1. The maximum Gasteiger partial charge on any atom is 0.409 e. The van der Waals surface area contributed by atoms with Gasteiger partial charge >= 0.3 is 6.09 Å². The minimum Gasteiger partial charge on any atom is -0.448 e. The summed E-state index contributed by atoms with van der Waals surface area (Å²) in [6.07, 6.45) is -0.377. The smallest absolute Gasteiger partial charge is 0.409 e. The molecule has 4 rings (SSSR count). The molecule has 0 radical (unpaired) electrons. The molecule has 1 aliphatic carbocycles. The first kappa shape index (κ1) is 16.6. The minimum atomic E-state index is -0.377. The normalized spacial score (nSPS) is 19.2. The molecule has 1 atom stereocenters. The summed E-state index contributed by atoms with van der Waals surface area (Å²) in [5, 5.41) is 9.13. The third-order valence-electron chi connectivity index (χ3n) is 5.04. The number of nitriles is 1. The van der Waals surface area contributed by atoms with E-state index >= 15 is 0 Å². The first-order valence-electron chi connectivity index (χ1n) is 8.85. The van der Waals surface area contributed by atoms with E-state index in [1.807, 2.05) is 24.3 Å². The summed E-state index contributed by atoms with van der Waals surface area (Å²) in [6.45, 7) is 1.90. The van der Waals surface area contributed by atoms with Crippen molar-refractivity contribution in [2.24, 2.45) is 5.92 Å². The van der Waals surface area contributed by atoms with Crippen molar-refractivity contribution in [2.75, 3.05) is 32.9 Å². The van der Waals surface area contributed by atoms with Crippen molar-refractivity contribution in [3.8, 4) is 17.2 Å². The first-order valence-corrected chi connectivity index (χ1v) is 8.85. The van der Waals surface area contributed by atoms with Crippen molar-refractivity contribution in [2.45, 2.75) is 5.92 Å². The van der Waals surface area contributed by atoms with Crippen LogP contribution in [-0.2, 0) is 9.47 Å². The lowest BCUT2D eigenvalue weighted by molar-refractivity contribution is 0.0948. The van der Waals surface area contributed by atoms with Crippen LogP contribution in [0.15, 0.2) is 48.5 Å². The summed E-state index contributed by atoms with van der Waals surface area (Å²) in [4.78, 5) is 14.1. The minimum absolute atomic E-state index is 0.0429. The number of benzene rings is 2. The first-order chi connectivity index (χ1) is 12.8. The standard InChI is InChI=1S/C21H20N2O3/c22-11-15-12-23(9-10-25-13-15)21(24)26-14-20-18-7-3-1-5-16(18)17-6-2-4-8-19(17)20/h1-8,15,20H,9-10,12-14H2. The van der Waals surface area contributed by atoms with Gasteiger partial charge in [-0.3, -0.25) is 0 Å². The van der Waals surface area contributed by atoms with Crippen molar-refractivity contribution < 1.29 is 14.3 Å². The van der Waals surface area contributed by atoms with Crippen LogP contribution in [0.1, 0.15) is 17.0 Å². The summed E-state index contributed by atoms with van der Waals surface area (Å²) in [6, 6.07) is 18.7. The van der Waals surface area contributed by atoms with Crippen LogP contribution in [0.5, 0.6) is 0 Å². The number of ether oxygens (including phenoxy) is 2. The van der Waals surface area contributed by atoms with Crippen LogP contribution in [0.3, 0.4) is 0 Å². The van der Waals surface area contributed by atoms with E-state index in [1.165, 1.54) is 22.3 Å². The van der Waals surface area contributed by atoms with Gasteiger partial charge in [-0.05, 0) is 22.3 Å². The molecule has 2 aromatic carbocycles. The molecule has 1 amide bonds. The van der Waals surface area contributed by atoms with Crippen molar-refractivity contribution in [1.82, 2.24) is 4.90 Å². The van der Waals surface area contributed by atoms with Gasteiger partial charge in [0, 0.05) is 19.0 Å². The third-order valence-corrected chi connectivity index (χ3v) is 5.04. The Balaban J connectivity index is 1.49. The molecule has 132 valence electrons. The van der Waals surface area contributed by atoms with E-state index in [4.69, 9.17) is 14.7 Å². The fraction of sp³-hybridized carbons (Fsp3) is 0.333. The van der Waals surface area contributed by atoms with Gasteiger partial charge in [-0.1, -0.05) is 48.5 Å². The third kappa shape index (κ3) is 3.04. The lowest BCUT2D eigenvalue weighted by Crippen LogP contribution is -2.36. The maximum atomic E-state index is 12.5. The second-order valence-corrected chi connectivity index (χ2v) is 6.65. The largest absolute Gasteiger partial charge is 0.448 e. The second kappa shape index (κ2) is 7.19. The number of nitrogens with zero attached hydrogens (tertiary/aromatic N) is 2. The second-order valence-electron chi connectivity index (χ2n) is 6.65. The number of rotatable bonds is 2. The topological polar surface area (TPSA) is 62.6 Å². The van der Waals surface area contributed by atoms with Crippen LogP contribution in [0.2, 0.25) is 0 Å². The van der Waals surface area contributed by atoms with Crippen LogP contribution in [0.25, 0.3) is 11.1 Å². The van der Waals surface area contributed by atoms with Gasteiger partial charge in [-0.15, -0.1) is 0 Å². The Morgan fingerprint density at radius 2 is 1.81 bits per heavy atom. The summed E-state index contributed by atoms with van der Waals surface area (Å²) < 4.78 is 11.0. The summed E-state index contributed by atoms with van der Waals surface area (Å²) in [5.41, 5.74) is 4.79. The van der Waals surface area contributed by atoms with Crippen LogP contribution >= 0.6 is 0 Å². The van der Waals surface area contributed by atoms with Crippen molar-refractivity contribution >= 4 is 6.09 Å². The Hall–Kier alpha value is -2.84. The number of amides is 1. The summed E-state index contributed by atoms with van der Waals surface area (Å²) in [7, 11) is 0. The van der Waals surface area contributed by atoms with Gasteiger partial charge < -0.3 is 14.4 Å². The lowest BCUT2D eigenvalue weighted by atomic mass is 9.98. The monoisotopic (exact) mass is 348 g/mol. The molecule has 2 aromatic rings.